The van der Waals surface area contributed by atoms with Crippen LogP contribution in [-0.2, 0) is 9.53 Å². The molecule has 4 heteroatoms. The van der Waals surface area contributed by atoms with Gasteiger partial charge in [-0.15, -0.1) is 0 Å². The van der Waals surface area contributed by atoms with Crippen LogP contribution in [0.5, 0.6) is 11.5 Å². The highest BCUT2D eigenvalue weighted by Gasteiger charge is 1.94. The van der Waals surface area contributed by atoms with Crippen LogP contribution in [0, 0.1) is 0 Å². The number of benzene rings is 1. The first-order chi connectivity index (χ1) is 8.26. The van der Waals surface area contributed by atoms with E-state index < -0.39 is 0 Å². The minimum absolute atomic E-state index is 0.352. The molecule has 0 heterocycles. The molecule has 0 saturated carbocycles. The maximum atomic E-state index is 10.8. The smallest absolute Gasteiger partial charge is 0.330 e. The fourth-order valence-electron chi connectivity index (χ4n) is 1.16. The zero-order valence-corrected chi connectivity index (χ0v) is 10.0. The van der Waals surface area contributed by atoms with Crippen LogP contribution in [0.15, 0.2) is 36.4 Å². The monoisotopic (exact) mass is 236 g/mol. The molecule has 0 saturated heterocycles. The van der Waals surface area contributed by atoms with E-state index in [1.165, 1.54) is 13.2 Å². The van der Waals surface area contributed by atoms with Crippen LogP contribution < -0.4 is 9.47 Å². The molecular formula is C13H16O4. The molecule has 1 aromatic carbocycles. The Labute approximate surface area is 101 Å². The predicted octanol–water partition coefficient (Wildman–Crippen LogP) is 2.19. The maximum Gasteiger partial charge on any atom is 0.330 e. The lowest BCUT2D eigenvalue weighted by atomic mass is 10.3. The molecule has 17 heavy (non-hydrogen) atoms. The van der Waals surface area contributed by atoms with Gasteiger partial charge >= 0.3 is 5.97 Å². The van der Waals surface area contributed by atoms with Crippen LogP contribution in [0.25, 0.3) is 0 Å². The Balaban J connectivity index is 2.26. The quantitative estimate of drug-likeness (QED) is 0.431. The SMILES string of the molecule is COC(=O)/C=C/CCOc1ccc(OC)cc1. The van der Waals surface area contributed by atoms with Gasteiger partial charge in [0.2, 0.25) is 0 Å². The highest BCUT2D eigenvalue weighted by molar-refractivity contribution is 5.81. The molecule has 0 aromatic heterocycles. The lowest BCUT2D eigenvalue weighted by Crippen LogP contribution is -1.97. The molecule has 0 fully saturated rings. The first-order valence-electron chi connectivity index (χ1n) is 5.27. The Bertz CT molecular complexity index is 368. The molecule has 0 aliphatic carbocycles. The van der Waals surface area contributed by atoms with Gasteiger partial charge in [-0.05, 0) is 30.7 Å². The molecule has 0 aliphatic rings. The highest BCUT2D eigenvalue weighted by atomic mass is 16.5. The van der Waals surface area contributed by atoms with Crippen LogP contribution in [0.4, 0.5) is 0 Å². The zero-order chi connectivity index (χ0) is 12.5. The lowest BCUT2D eigenvalue weighted by molar-refractivity contribution is -0.134. The van der Waals surface area contributed by atoms with E-state index in [0.717, 1.165) is 11.5 Å². The summed E-state index contributed by atoms with van der Waals surface area (Å²) in [5.41, 5.74) is 0. The summed E-state index contributed by atoms with van der Waals surface area (Å²) in [5, 5.41) is 0. The normalized spacial score (nSPS) is 10.2. The Morgan fingerprint density at radius 2 is 1.82 bits per heavy atom. The van der Waals surface area contributed by atoms with E-state index >= 15 is 0 Å². The van der Waals surface area contributed by atoms with Crippen molar-refractivity contribution in [1.29, 1.82) is 0 Å². The molecule has 0 spiro atoms. The van der Waals surface area contributed by atoms with Crippen LogP contribution in [0.1, 0.15) is 6.42 Å². The first-order valence-corrected chi connectivity index (χ1v) is 5.27. The van der Waals surface area contributed by atoms with Gasteiger partial charge < -0.3 is 14.2 Å². The van der Waals surface area contributed by atoms with Gasteiger partial charge in [-0.2, -0.15) is 0 Å². The first kappa shape index (κ1) is 13.1. The van der Waals surface area contributed by atoms with Crippen LogP contribution in [0.3, 0.4) is 0 Å². The van der Waals surface area contributed by atoms with Gasteiger partial charge in [-0.25, -0.2) is 4.79 Å². The molecule has 0 unspecified atom stereocenters. The third kappa shape index (κ3) is 5.06. The van der Waals surface area contributed by atoms with Crippen molar-refractivity contribution >= 4 is 5.97 Å². The summed E-state index contributed by atoms with van der Waals surface area (Å²) in [6, 6.07) is 7.34. The van der Waals surface area contributed by atoms with Crippen molar-refractivity contribution in [3.8, 4) is 11.5 Å². The van der Waals surface area contributed by atoms with Gasteiger partial charge in [0.05, 0.1) is 20.8 Å². The summed E-state index contributed by atoms with van der Waals surface area (Å²) in [4.78, 5) is 10.8. The summed E-state index contributed by atoms with van der Waals surface area (Å²) in [7, 11) is 2.97. The standard InChI is InChI=1S/C13H16O4/c1-15-11-6-8-12(9-7-11)17-10-4-3-5-13(14)16-2/h3,5-9H,4,10H2,1-2H3/b5-3+. The van der Waals surface area contributed by atoms with Crippen molar-refractivity contribution in [3.63, 3.8) is 0 Å². The number of hydrogen-bond acceptors (Lipinski definition) is 4. The summed E-state index contributed by atoms with van der Waals surface area (Å²) < 4.78 is 15.0. The van der Waals surface area contributed by atoms with Gasteiger partial charge in [0.25, 0.3) is 0 Å². The molecular weight excluding hydrogens is 220 g/mol. The number of methoxy groups -OCH3 is 2. The summed E-state index contributed by atoms with van der Waals surface area (Å²) >= 11 is 0. The summed E-state index contributed by atoms with van der Waals surface area (Å²) in [5.74, 6) is 1.22. The molecule has 1 rings (SSSR count). The average Bonchev–Trinajstić information content (AvgIpc) is 2.38. The van der Waals surface area contributed by atoms with Gasteiger partial charge in [0.15, 0.2) is 0 Å². The predicted molar refractivity (Wildman–Crippen MR) is 64.3 cm³/mol. The fraction of sp³-hybridized carbons (Fsp3) is 0.308. The number of carbonyl (C=O) groups excluding carboxylic acids is 1. The van der Waals surface area contributed by atoms with E-state index in [-0.39, 0.29) is 5.97 Å². The van der Waals surface area contributed by atoms with Crippen molar-refractivity contribution in [2.24, 2.45) is 0 Å². The highest BCUT2D eigenvalue weighted by Crippen LogP contribution is 2.16. The van der Waals surface area contributed by atoms with E-state index in [1.807, 2.05) is 24.3 Å². The Hall–Kier alpha value is -1.97. The van der Waals surface area contributed by atoms with Crippen LogP contribution in [-0.4, -0.2) is 26.8 Å². The Morgan fingerprint density at radius 3 is 2.41 bits per heavy atom. The second-order valence-corrected chi connectivity index (χ2v) is 3.24. The minimum Gasteiger partial charge on any atom is -0.497 e. The van der Waals surface area contributed by atoms with Crippen LogP contribution in [0.2, 0.25) is 0 Å². The molecule has 92 valence electrons. The molecule has 0 amide bonds. The number of carbonyl (C=O) groups is 1. The van der Waals surface area contributed by atoms with Gasteiger partial charge in [0.1, 0.15) is 11.5 Å². The second-order valence-electron chi connectivity index (χ2n) is 3.24. The Morgan fingerprint density at radius 1 is 1.18 bits per heavy atom. The Kier molecular flexibility index (Phi) is 5.64. The number of esters is 1. The molecule has 0 aliphatic heterocycles. The summed E-state index contributed by atoms with van der Waals surface area (Å²) in [6.07, 6.45) is 3.76. The fourth-order valence-corrected chi connectivity index (χ4v) is 1.16. The molecule has 0 N–H and O–H groups in total. The van der Waals surface area contributed by atoms with Crippen molar-refractivity contribution in [2.45, 2.75) is 6.42 Å². The molecule has 4 nitrogen and oxygen atoms in total. The largest absolute Gasteiger partial charge is 0.497 e. The summed E-state index contributed by atoms with van der Waals surface area (Å²) in [6.45, 7) is 0.514. The third-order valence-electron chi connectivity index (χ3n) is 2.07. The molecule has 0 atom stereocenters. The average molecular weight is 236 g/mol. The topological polar surface area (TPSA) is 44.8 Å². The number of ether oxygens (including phenoxy) is 3. The van der Waals surface area contributed by atoms with E-state index in [2.05, 4.69) is 4.74 Å². The molecule has 0 radical (unpaired) electrons. The van der Waals surface area contributed by atoms with E-state index in [1.54, 1.807) is 13.2 Å². The number of hydrogen-bond donors (Lipinski definition) is 0. The third-order valence-corrected chi connectivity index (χ3v) is 2.07. The molecule has 1 aromatic rings. The van der Waals surface area contributed by atoms with Crippen LogP contribution >= 0.6 is 0 Å². The van der Waals surface area contributed by atoms with Crippen molar-refractivity contribution < 1.29 is 19.0 Å². The van der Waals surface area contributed by atoms with E-state index in [4.69, 9.17) is 9.47 Å². The van der Waals surface area contributed by atoms with E-state index in [0.29, 0.717) is 13.0 Å². The van der Waals surface area contributed by atoms with Crippen molar-refractivity contribution in [1.82, 2.24) is 0 Å². The van der Waals surface area contributed by atoms with Gasteiger partial charge in [-0.1, -0.05) is 6.08 Å². The minimum atomic E-state index is -0.352. The lowest BCUT2D eigenvalue weighted by Gasteiger charge is -2.05. The van der Waals surface area contributed by atoms with Gasteiger partial charge in [-0.3, -0.25) is 0 Å². The maximum absolute atomic E-state index is 10.8. The van der Waals surface area contributed by atoms with Gasteiger partial charge in [0, 0.05) is 6.08 Å². The second kappa shape index (κ2) is 7.33. The van der Waals surface area contributed by atoms with Crippen molar-refractivity contribution in [3.05, 3.63) is 36.4 Å². The zero-order valence-electron chi connectivity index (χ0n) is 10.0. The number of rotatable bonds is 6. The van der Waals surface area contributed by atoms with E-state index in [9.17, 15) is 4.79 Å². The van der Waals surface area contributed by atoms with Crippen molar-refractivity contribution in [2.75, 3.05) is 20.8 Å². The molecule has 0 bridgehead atoms.